The van der Waals surface area contributed by atoms with Crippen LogP contribution >= 0.6 is 11.3 Å². The normalized spacial score (nSPS) is 17.2. The van der Waals surface area contributed by atoms with E-state index in [9.17, 15) is 13.2 Å². The van der Waals surface area contributed by atoms with Crippen LogP contribution < -0.4 is 10.1 Å². The third-order valence-electron chi connectivity index (χ3n) is 6.02. The molecule has 0 radical (unpaired) electrons. The van der Waals surface area contributed by atoms with Crippen molar-refractivity contribution >= 4 is 38.1 Å². The van der Waals surface area contributed by atoms with E-state index in [1.807, 2.05) is 48.7 Å². The van der Waals surface area contributed by atoms with Crippen LogP contribution in [0.3, 0.4) is 0 Å². The molecule has 4 aromatic rings. The van der Waals surface area contributed by atoms with Crippen molar-refractivity contribution in [2.24, 2.45) is 0 Å². The van der Waals surface area contributed by atoms with Gasteiger partial charge in [-0.15, -0.1) is 11.3 Å². The van der Waals surface area contributed by atoms with Gasteiger partial charge in [-0.05, 0) is 55.1 Å². The summed E-state index contributed by atoms with van der Waals surface area (Å²) in [6.45, 7) is 2.25. The van der Waals surface area contributed by atoms with Gasteiger partial charge in [-0.25, -0.2) is 18.1 Å². The molecule has 1 N–H and O–H groups in total. The molecule has 4 heterocycles. The van der Waals surface area contributed by atoms with E-state index in [1.54, 1.807) is 29.2 Å². The van der Waals surface area contributed by atoms with Gasteiger partial charge >= 0.3 is 0 Å². The van der Waals surface area contributed by atoms with Crippen molar-refractivity contribution in [1.29, 1.82) is 0 Å². The van der Waals surface area contributed by atoms with Crippen LogP contribution in [0.2, 0.25) is 0 Å². The maximum atomic E-state index is 13.3. The van der Waals surface area contributed by atoms with Crippen molar-refractivity contribution in [3.8, 4) is 17.0 Å². The molecule has 0 bridgehead atoms. The molecule has 1 aliphatic rings. The minimum absolute atomic E-state index is 0.0254. The lowest BCUT2D eigenvalue weighted by molar-refractivity contribution is 0.0953. The Labute approximate surface area is 201 Å². The zero-order valence-corrected chi connectivity index (χ0v) is 20.4. The predicted molar refractivity (Wildman–Crippen MR) is 132 cm³/mol. The van der Waals surface area contributed by atoms with Crippen molar-refractivity contribution in [1.82, 2.24) is 20.1 Å². The van der Waals surface area contributed by atoms with Gasteiger partial charge in [0.15, 0.2) is 15.5 Å². The van der Waals surface area contributed by atoms with Crippen molar-refractivity contribution in [3.63, 3.8) is 0 Å². The Bertz CT molecular complexity index is 1460. The van der Waals surface area contributed by atoms with Crippen LogP contribution in [0.5, 0.6) is 5.75 Å². The van der Waals surface area contributed by atoms with Crippen molar-refractivity contribution in [3.05, 3.63) is 64.0 Å². The second kappa shape index (κ2) is 8.84. The number of hydrogen-bond donors (Lipinski definition) is 1. The van der Waals surface area contributed by atoms with E-state index in [4.69, 9.17) is 9.72 Å². The predicted octanol–water partition coefficient (Wildman–Crippen LogP) is 3.77. The molecule has 0 saturated carbocycles. The van der Waals surface area contributed by atoms with Crippen molar-refractivity contribution in [2.45, 2.75) is 25.9 Å². The average molecular weight is 497 g/mol. The maximum absolute atomic E-state index is 13.3. The van der Waals surface area contributed by atoms with Gasteiger partial charge in [0.2, 0.25) is 0 Å². The molecule has 1 amide bonds. The van der Waals surface area contributed by atoms with Gasteiger partial charge in [-0.1, -0.05) is 6.07 Å². The smallest absolute Gasteiger partial charge is 0.252 e. The topological polar surface area (TPSA) is 103 Å². The van der Waals surface area contributed by atoms with E-state index in [2.05, 4.69) is 10.4 Å². The second-order valence-electron chi connectivity index (χ2n) is 8.33. The standard InChI is InChI=1S/C24H24N4O4S2/c1-15-22-20(24(29)25-13-19-4-3-10-33-19)12-21(16-5-7-18(32-2)8-6-16)26-23(22)28(27-15)17-9-11-34(30,31)14-17/h3-8,10,12,17H,9,11,13-14H2,1-2H3,(H,25,29)/t17-/m0/s1. The van der Waals surface area contributed by atoms with Gasteiger partial charge in [0.1, 0.15) is 5.75 Å². The summed E-state index contributed by atoms with van der Waals surface area (Å²) in [5, 5.41) is 10.3. The minimum Gasteiger partial charge on any atom is -0.497 e. The van der Waals surface area contributed by atoms with Gasteiger partial charge in [0.05, 0.1) is 53.5 Å². The lowest BCUT2D eigenvalue weighted by Crippen LogP contribution is -2.23. The molecule has 1 aliphatic heterocycles. The zero-order chi connectivity index (χ0) is 23.9. The molecule has 5 rings (SSSR count). The molecule has 1 atom stereocenters. The number of carbonyl (C=O) groups is 1. The highest BCUT2D eigenvalue weighted by Crippen LogP contribution is 2.32. The highest BCUT2D eigenvalue weighted by molar-refractivity contribution is 7.91. The molecule has 0 unspecified atom stereocenters. The van der Waals surface area contributed by atoms with Crippen molar-refractivity contribution < 1.29 is 17.9 Å². The molecule has 1 fully saturated rings. The van der Waals surface area contributed by atoms with E-state index in [-0.39, 0.29) is 23.5 Å². The summed E-state index contributed by atoms with van der Waals surface area (Å²) in [6, 6.07) is 12.8. The summed E-state index contributed by atoms with van der Waals surface area (Å²) >= 11 is 1.58. The van der Waals surface area contributed by atoms with Gasteiger partial charge in [-0.3, -0.25) is 4.79 Å². The molecule has 34 heavy (non-hydrogen) atoms. The molecule has 176 valence electrons. The fourth-order valence-corrected chi connectivity index (χ4v) is 6.64. The van der Waals surface area contributed by atoms with Crippen LogP contribution in [0, 0.1) is 6.92 Å². The number of rotatable bonds is 6. The molecule has 3 aromatic heterocycles. The molecule has 1 saturated heterocycles. The van der Waals surface area contributed by atoms with E-state index >= 15 is 0 Å². The Balaban J connectivity index is 1.63. The molecular formula is C24H24N4O4S2. The Morgan fingerprint density at radius 3 is 2.71 bits per heavy atom. The first kappa shape index (κ1) is 22.5. The van der Waals surface area contributed by atoms with Crippen LogP contribution in [-0.2, 0) is 16.4 Å². The number of aryl methyl sites for hydroxylation is 1. The summed E-state index contributed by atoms with van der Waals surface area (Å²) in [4.78, 5) is 19.2. The highest BCUT2D eigenvalue weighted by Gasteiger charge is 2.32. The summed E-state index contributed by atoms with van der Waals surface area (Å²) in [7, 11) is -1.51. The number of hydrogen-bond acceptors (Lipinski definition) is 7. The number of ether oxygens (including phenoxy) is 1. The van der Waals surface area contributed by atoms with E-state index in [0.717, 1.165) is 16.2 Å². The fraction of sp³-hybridized carbons (Fsp3) is 0.292. The van der Waals surface area contributed by atoms with Crippen LogP contribution in [0.4, 0.5) is 0 Å². The number of amides is 1. The van der Waals surface area contributed by atoms with E-state index in [0.29, 0.717) is 41.0 Å². The summed E-state index contributed by atoms with van der Waals surface area (Å²) < 4.78 is 31.2. The van der Waals surface area contributed by atoms with Crippen LogP contribution in [0.25, 0.3) is 22.3 Å². The van der Waals surface area contributed by atoms with E-state index < -0.39 is 9.84 Å². The quantitative estimate of drug-likeness (QED) is 0.436. The molecule has 1 aromatic carbocycles. The molecule has 0 aliphatic carbocycles. The number of benzene rings is 1. The number of methoxy groups -OCH3 is 1. The minimum atomic E-state index is -3.11. The zero-order valence-electron chi connectivity index (χ0n) is 18.8. The third-order valence-corrected chi connectivity index (χ3v) is 8.65. The molecule has 0 spiro atoms. The van der Waals surface area contributed by atoms with Crippen LogP contribution in [0.1, 0.15) is 33.4 Å². The lowest BCUT2D eigenvalue weighted by Gasteiger charge is -2.12. The van der Waals surface area contributed by atoms with Crippen molar-refractivity contribution in [2.75, 3.05) is 18.6 Å². The monoisotopic (exact) mass is 496 g/mol. The number of aromatic nitrogens is 3. The SMILES string of the molecule is COc1ccc(-c2cc(C(=O)NCc3cccs3)c3c(C)nn([C@H]4CCS(=O)(=O)C4)c3n2)cc1. The second-order valence-corrected chi connectivity index (χ2v) is 11.6. The first-order valence-corrected chi connectivity index (χ1v) is 13.6. The third kappa shape index (κ3) is 4.30. The maximum Gasteiger partial charge on any atom is 0.252 e. The average Bonchev–Trinajstić information content (AvgIpc) is 3.56. The summed E-state index contributed by atoms with van der Waals surface area (Å²) in [6.07, 6.45) is 0.479. The number of carbonyl (C=O) groups excluding carboxylic acids is 1. The van der Waals surface area contributed by atoms with Gasteiger partial charge in [0.25, 0.3) is 5.91 Å². The van der Waals surface area contributed by atoms with Gasteiger partial charge in [-0.2, -0.15) is 5.10 Å². The number of nitrogens with one attached hydrogen (secondary N) is 1. The van der Waals surface area contributed by atoms with Crippen LogP contribution in [0.15, 0.2) is 47.8 Å². The first-order valence-electron chi connectivity index (χ1n) is 10.9. The summed E-state index contributed by atoms with van der Waals surface area (Å²) in [5.41, 5.74) is 3.07. The number of fused-ring (bicyclic) bond motifs is 1. The lowest BCUT2D eigenvalue weighted by atomic mass is 10.0. The molecular weight excluding hydrogens is 472 g/mol. The van der Waals surface area contributed by atoms with Gasteiger partial charge < -0.3 is 10.1 Å². The number of sulfone groups is 1. The van der Waals surface area contributed by atoms with E-state index in [1.165, 1.54) is 0 Å². The number of thiophene rings is 1. The summed E-state index contributed by atoms with van der Waals surface area (Å²) in [5.74, 6) is 0.648. The number of nitrogens with zero attached hydrogens (tertiary/aromatic N) is 3. The largest absolute Gasteiger partial charge is 0.497 e. The Morgan fingerprint density at radius 1 is 1.26 bits per heavy atom. The Morgan fingerprint density at radius 2 is 2.06 bits per heavy atom. The van der Waals surface area contributed by atoms with Gasteiger partial charge in [0, 0.05) is 10.4 Å². The first-order chi connectivity index (χ1) is 16.3. The molecule has 8 nitrogen and oxygen atoms in total. The Hall–Kier alpha value is -3.24. The Kier molecular flexibility index (Phi) is 5.86. The van der Waals surface area contributed by atoms with Crippen LogP contribution in [-0.4, -0.2) is 47.7 Å². The molecule has 10 heteroatoms. The number of pyridine rings is 1. The highest BCUT2D eigenvalue weighted by atomic mass is 32.2. The fourth-order valence-electron chi connectivity index (χ4n) is 4.30.